The number of rotatable bonds is 7. The zero-order valence-corrected chi connectivity index (χ0v) is 11.6. The summed E-state index contributed by atoms with van der Waals surface area (Å²) in [4.78, 5) is 36.9. The van der Waals surface area contributed by atoms with E-state index in [1.807, 2.05) is 12.3 Å². The fourth-order valence-corrected chi connectivity index (χ4v) is 2.06. The highest BCUT2D eigenvalue weighted by Gasteiger charge is 2.22. The number of aliphatic carboxylic acids is 2. The average Bonchev–Trinajstić information content (AvgIpc) is 2.73. The molecule has 0 aliphatic carbocycles. The summed E-state index contributed by atoms with van der Waals surface area (Å²) >= 11 is 1.50. The third-order valence-electron chi connectivity index (χ3n) is 2.32. The van der Waals surface area contributed by atoms with Gasteiger partial charge in [0.05, 0.1) is 17.1 Å². The predicted octanol–water partition coefficient (Wildman–Crippen LogP) is 0.221. The van der Waals surface area contributed by atoms with Crippen molar-refractivity contribution in [2.24, 2.45) is 0 Å². The molecule has 0 radical (unpaired) electrons. The molecule has 20 heavy (non-hydrogen) atoms. The summed E-state index contributed by atoms with van der Waals surface area (Å²) in [5.74, 6) is -2.69. The smallest absolute Gasteiger partial charge is 0.326 e. The molecule has 0 fully saturated rings. The molecule has 0 saturated heterocycles. The summed E-state index contributed by atoms with van der Waals surface area (Å²) in [6.07, 6.45) is -0.150. The maximum Gasteiger partial charge on any atom is 0.326 e. The quantitative estimate of drug-likeness (QED) is 0.570. The van der Waals surface area contributed by atoms with Gasteiger partial charge in [-0.05, 0) is 6.92 Å². The van der Waals surface area contributed by atoms with Gasteiger partial charge in [0.1, 0.15) is 6.04 Å². The van der Waals surface area contributed by atoms with Crippen molar-refractivity contribution >= 4 is 29.3 Å². The van der Waals surface area contributed by atoms with E-state index in [0.717, 1.165) is 10.7 Å². The fourth-order valence-electron chi connectivity index (χ4n) is 1.41. The van der Waals surface area contributed by atoms with Gasteiger partial charge in [-0.1, -0.05) is 0 Å². The number of urea groups is 1. The number of nitrogens with one attached hydrogen (secondary N) is 2. The molecule has 0 unspecified atom stereocenters. The second-order valence-electron chi connectivity index (χ2n) is 4.00. The van der Waals surface area contributed by atoms with E-state index in [4.69, 9.17) is 10.2 Å². The second kappa shape index (κ2) is 7.43. The Morgan fingerprint density at radius 1 is 1.40 bits per heavy atom. The first kappa shape index (κ1) is 15.9. The normalized spacial score (nSPS) is 11.7. The van der Waals surface area contributed by atoms with Crippen LogP contribution in [0.5, 0.6) is 0 Å². The minimum atomic E-state index is -1.45. The number of carboxylic acid groups (broad SMARTS) is 2. The number of hydrogen-bond acceptors (Lipinski definition) is 5. The second-order valence-corrected chi connectivity index (χ2v) is 5.06. The molecule has 0 aliphatic heterocycles. The first-order chi connectivity index (χ1) is 9.38. The molecule has 1 atom stereocenters. The lowest BCUT2D eigenvalue weighted by atomic mass is 10.2. The van der Waals surface area contributed by atoms with Gasteiger partial charge in [0.15, 0.2) is 0 Å². The van der Waals surface area contributed by atoms with Crippen LogP contribution < -0.4 is 10.6 Å². The fraction of sp³-hybridized carbons (Fsp3) is 0.455. The van der Waals surface area contributed by atoms with Crippen molar-refractivity contribution in [3.05, 3.63) is 16.1 Å². The molecule has 0 aliphatic rings. The Kier molecular flexibility index (Phi) is 5.91. The number of carbonyl (C=O) groups excluding carboxylic acids is 1. The van der Waals surface area contributed by atoms with E-state index in [-0.39, 0.29) is 6.54 Å². The van der Waals surface area contributed by atoms with Crippen LogP contribution in [-0.4, -0.2) is 45.8 Å². The summed E-state index contributed by atoms with van der Waals surface area (Å²) in [7, 11) is 0. The Hall–Kier alpha value is -2.16. The summed E-state index contributed by atoms with van der Waals surface area (Å²) in [5.41, 5.74) is 0.841. The van der Waals surface area contributed by atoms with Crippen LogP contribution in [0.1, 0.15) is 17.1 Å². The van der Waals surface area contributed by atoms with Crippen LogP contribution >= 0.6 is 11.3 Å². The molecular formula is C11H15N3O5S. The topological polar surface area (TPSA) is 129 Å². The maximum absolute atomic E-state index is 11.4. The molecule has 0 bridgehead atoms. The van der Waals surface area contributed by atoms with E-state index in [1.54, 1.807) is 0 Å². The van der Waals surface area contributed by atoms with E-state index < -0.39 is 30.4 Å². The van der Waals surface area contributed by atoms with E-state index >= 15 is 0 Å². The molecule has 4 N–H and O–H groups in total. The molecule has 0 saturated carbocycles. The molecule has 1 heterocycles. The molecule has 1 aromatic rings. The third kappa shape index (κ3) is 5.65. The Bertz CT molecular complexity index is 502. The summed E-state index contributed by atoms with van der Waals surface area (Å²) in [5, 5.41) is 24.6. The number of carboxylic acids is 2. The standard InChI is InChI=1S/C11H15N3O5S/c1-6-13-7(5-20-6)2-3-12-11(19)14-8(10(17)18)4-9(15)16/h5,8H,2-4H2,1H3,(H,15,16)(H,17,18)(H2,12,14,19)/t8-/m1/s1. The average molecular weight is 301 g/mol. The zero-order valence-electron chi connectivity index (χ0n) is 10.8. The number of thiazole rings is 1. The minimum Gasteiger partial charge on any atom is -0.481 e. The lowest BCUT2D eigenvalue weighted by Crippen LogP contribution is -2.47. The van der Waals surface area contributed by atoms with Crippen LogP contribution in [0.25, 0.3) is 0 Å². The Morgan fingerprint density at radius 3 is 2.60 bits per heavy atom. The Morgan fingerprint density at radius 2 is 2.10 bits per heavy atom. The van der Waals surface area contributed by atoms with Crippen LogP contribution in [0.4, 0.5) is 4.79 Å². The number of carbonyl (C=O) groups is 3. The van der Waals surface area contributed by atoms with Crippen molar-refractivity contribution in [2.45, 2.75) is 25.8 Å². The lowest BCUT2D eigenvalue weighted by molar-refractivity contribution is -0.145. The van der Waals surface area contributed by atoms with Crippen LogP contribution in [-0.2, 0) is 16.0 Å². The largest absolute Gasteiger partial charge is 0.481 e. The highest BCUT2D eigenvalue weighted by atomic mass is 32.1. The number of aromatic nitrogens is 1. The molecule has 0 aromatic carbocycles. The summed E-state index contributed by atoms with van der Waals surface area (Å²) < 4.78 is 0. The van der Waals surface area contributed by atoms with E-state index in [9.17, 15) is 14.4 Å². The molecule has 1 rings (SSSR count). The minimum absolute atomic E-state index is 0.286. The highest BCUT2D eigenvalue weighted by molar-refractivity contribution is 7.09. The highest BCUT2D eigenvalue weighted by Crippen LogP contribution is 2.07. The molecule has 2 amide bonds. The first-order valence-corrected chi connectivity index (χ1v) is 6.66. The number of hydrogen-bond donors (Lipinski definition) is 4. The van der Waals surface area contributed by atoms with Crippen molar-refractivity contribution in [3.63, 3.8) is 0 Å². The molecule has 1 aromatic heterocycles. The summed E-state index contributed by atoms with van der Waals surface area (Å²) in [6.45, 7) is 2.16. The van der Waals surface area contributed by atoms with E-state index in [1.165, 1.54) is 11.3 Å². The zero-order chi connectivity index (χ0) is 15.1. The van der Waals surface area contributed by atoms with E-state index in [2.05, 4.69) is 15.6 Å². The van der Waals surface area contributed by atoms with E-state index in [0.29, 0.717) is 6.42 Å². The van der Waals surface area contributed by atoms with Crippen molar-refractivity contribution in [1.29, 1.82) is 0 Å². The van der Waals surface area contributed by atoms with Gasteiger partial charge in [-0.25, -0.2) is 14.6 Å². The van der Waals surface area contributed by atoms with Crippen molar-refractivity contribution in [2.75, 3.05) is 6.54 Å². The first-order valence-electron chi connectivity index (χ1n) is 5.78. The SMILES string of the molecule is Cc1nc(CCNC(=O)N[C@H](CC(=O)O)C(=O)O)cs1. The monoisotopic (exact) mass is 301 g/mol. The maximum atomic E-state index is 11.4. The van der Waals surface area contributed by atoms with Crippen LogP contribution in [0, 0.1) is 6.92 Å². The van der Waals surface area contributed by atoms with Crippen molar-refractivity contribution in [1.82, 2.24) is 15.6 Å². The predicted molar refractivity (Wildman–Crippen MR) is 70.8 cm³/mol. The van der Waals surface area contributed by atoms with Crippen molar-refractivity contribution < 1.29 is 24.6 Å². The van der Waals surface area contributed by atoms with Gasteiger partial charge in [0, 0.05) is 18.3 Å². The van der Waals surface area contributed by atoms with Gasteiger partial charge in [-0.3, -0.25) is 4.79 Å². The van der Waals surface area contributed by atoms with Gasteiger partial charge in [-0.15, -0.1) is 11.3 Å². The van der Waals surface area contributed by atoms with Gasteiger partial charge < -0.3 is 20.8 Å². The number of nitrogens with zero attached hydrogens (tertiary/aromatic N) is 1. The Balaban J connectivity index is 2.34. The molecule has 0 spiro atoms. The van der Waals surface area contributed by atoms with Crippen LogP contribution in [0.3, 0.4) is 0 Å². The Labute approximate surface area is 118 Å². The molecule has 110 valence electrons. The van der Waals surface area contributed by atoms with Gasteiger partial charge in [-0.2, -0.15) is 0 Å². The van der Waals surface area contributed by atoms with Gasteiger partial charge >= 0.3 is 18.0 Å². The number of aryl methyl sites for hydroxylation is 1. The number of amides is 2. The molecular weight excluding hydrogens is 286 g/mol. The lowest BCUT2D eigenvalue weighted by Gasteiger charge is -2.12. The van der Waals surface area contributed by atoms with Crippen LogP contribution in [0.15, 0.2) is 5.38 Å². The van der Waals surface area contributed by atoms with Crippen molar-refractivity contribution in [3.8, 4) is 0 Å². The molecule has 8 nitrogen and oxygen atoms in total. The van der Waals surface area contributed by atoms with Crippen LogP contribution in [0.2, 0.25) is 0 Å². The van der Waals surface area contributed by atoms with Gasteiger partial charge in [0.2, 0.25) is 0 Å². The summed E-state index contributed by atoms with van der Waals surface area (Å²) in [6, 6.07) is -2.17. The van der Waals surface area contributed by atoms with Gasteiger partial charge in [0.25, 0.3) is 0 Å². The third-order valence-corrected chi connectivity index (χ3v) is 3.14. The molecule has 9 heteroatoms.